The van der Waals surface area contributed by atoms with E-state index in [1.54, 1.807) is 18.3 Å². The third-order valence-electron chi connectivity index (χ3n) is 3.36. The largest absolute Gasteiger partial charge is 0.466 e. The van der Waals surface area contributed by atoms with Crippen molar-refractivity contribution in [2.45, 2.75) is 0 Å². The monoisotopic (exact) mass is 294 g/mol. The minimum Gasteiger partial charge on any atom is -0.466 e. The maximum atomic E-state index is 12.1. The second kappa shape index (κ2) is 5.73. The summed E-state index contributed by atoms with van der Waals surface area (Å²) < 4.78 is 4.57. The summed E-state index contributed by atoms with van der Waals surface area (Å²) in [5.41, 5.74) is 3.84. The third kappa shape index (κ3) is 2.69. The normalized spacial score (nSPS) is 15.1. The van der Waals surface area contributed by atoms with E-state index in [9.17, 15) is 9.59 Å². The fraction of sp³-hybridized carbons (Fsp3) is 0.0588. The van der Waals surface area contributed by atoms with Gasteiger partial charge in [-0.2, -0.15) is 0 Å². The molecule has 0 unspecified atom stereocenters. The van der Waals surface area contributed by atoms with Crippen LogP contribution in [0.5, 0.6) is 0 Å². The average molecular weight is 294 g/mol. The molecule has 1 aromatic heterocycles. The van der Waals surface area contributed by atoms with E-state index in [0.29, 0.717) is 5.57 Å². The molecule has 3 rings (SSSR count). The van der Waals surface area contributed by atoms with Crippen molar-refractivity contribution < 1.29 is 14.3 Å². The molecule has 110 valence electrons. The number of benzene rings is 1. The first-order valence-corrected chi connectivity index (χ1v) is 6.74. The van der Waals surface area contributed by atoms with Gasteiger partial charge in [-0.3, -0.25) is 4.79 Å². The Bertz CT molecular complexity index is 786. The quantitative estimate of drug-likeness (QED) is 0.675. The molecule has 0 radical (unpaired) electrons. The topological polar surface area (TPSA) is 71.2 Å². The van der Waals surface area contributed by atoms with Crippen LogP contribution in [0, 0.1) is 0 Å². The first kappa shape index (κ1) is 13.9. The molecule has 2 aromatic rings. The summed E-state index contributed by atoms with van der Waals surface area (Å²) in [7, 11) is 1.33. The molecule has 1 aromatic carbocycles. The van der Waals surface area contributed by atoms with Crippen molar-refractivity contribution in [2.75, 3.05) is 12.4 Å². The molecule has 0 aliphatic carbocycles. The highest BCUT2D eigenvalue weighted by Gasteiger charge is 2.24. The number of amides is 1. The van der Waals surface area contributed by atoms with Crippen molar-refractivity contribution in [2.24, 2.45) is 0 Å². The van der Waals surface area contributed by atoms with Crippen LogP contribution in [-0.4, -0.2) is 24.0 Å². The molecule has 1 amide bonds. The number of anilines is 1. The minimum atomic E-state index is -0.420. The number of carbonyl (C=O) groups excluding carboxylic acids is 2. The Kier molecular flexibility index (Phi) is 3.62. The van der Waals surface area contributed by atoms with Crippen molar-refractivity contribution in [3.8, 4) is 0 Å². The number of hydrogen-bond acceptors (Lipinski definition) is 3. The summed E-state index contributed by atoms with van der Waals surface area (Å²) >= 11 is 0. The van der Waals surface area contributed by atoms with Gasteiger partial charge in [0.05, 0.1) is 12.7 Å². The Hall–Kier alpha value is -3.08. The summed E-state index contributed by atoms with van der Waals surface area (Å²) in [5, 5.41) is 2.83. The molecule has 2 heterocycles. The zero-order valence-electron chi connectivity index (χ0n) is 11.9. The molecular formula is C17H14N2O3. The molecule has 2 N–H and O–H groups in total. The standard InChI is InChI=1S/C17H14N2O3/c1-22-16(20)7-5-11-4-6-15-13(9-11)14(17(21)19-15)10-12-3-2-8-18-12/h2-10,18H,1H3,(H,19,21). The molecule has 0 fully saturated rings. The highest BCUT2D eigenvalue weighted by molar-refractivity contribution is 6.34. The van der Waals surface area contributed by atoms with E-state index in [4.69, 9.17) is 0 Å². The van der Waals surface area contributed by atoms with Gasteiger partial charge in [-0.1, -0.05) is 6.07 Å². The number of carbonyl (C=O) groups is 2. The van der Waals surface area contributed by atoms with Gasteiger partial charge in [0.15, 0.2) is 0 Å². The molecule has 0 bridgehead atoms. The predicted octanol–water partition coefficient (Wildman–Crippen LogP) is 2.69. The Balaban J connectivity index is 1.97. The molecule has 0 saturated heterocycles. The summed E-state index contributed by atoms with van der Waals surface area (Å²) in [5.74, 6) is -0.560. The highest BCUT2D eigenvalue weighted by Crippen LogP contribution is 2.33. The lowest BCUT2D eigenvalue weighted by Crippen LogP contribution is -2.03. The van der Waals surface area contributed by atoms with Crippen LogP contribution in [-0.2, 0) is 14.3 Å². The van der Waals surface area contributed by atoms with Crippen LogP contribution in [0.3, 0.4) is 0 Å². The average Bonchev–Trinajstić information content (AvgIpc) is 3.14. The number of rotatable bonds is 3. The maximum absolute atomic E-state index is 12.1. The zero-order valence-corrected chi connectivity index (χ0v) is 11.9. The van der Waals surface area contributed by atoms with Crippen LogP contribution < -0.4 is 5.32 Å². The van der Waals surface area contributed by atoms with Crippen LogP contribution in [0.1, 0.15) is 16.8 Å². The fourth-order valence-corrected chi connectivity index (χ4v) is 2.27. The third-order valence-corrected chi connectivity index (χ3v) is 3.36. The molecule has 1 aliphatic rings. The first-order chi connectivity index (χ1) is 10.7. The van der Waals surface area contributed by atoms with Crippen LogP contribution in [0.15, 0.2) is 42.6 Å². The van der Waals surface area contributed by atoms with Crippen LogP contribution in [0.4, 0.5) is 5.69 Å². The summed E-state index contributed by atoms with van der Waals surface area (Å²) in [6.07, 6.45) is 6.60. The van der Waals surface area contributed by atoms with Gasteiger partial charge >= 0.3 is 5.97 Å². The first-order valence-electron chi connectivity index (χ1n) is 6.74. The smallest absolute Gasteiger partial charge is 0.330 e. The number of methoxy groups -OCH3 is 1. The van der Waals surface area contributed by atoms with Crippen molar-refractivity contribution in [1.29, 1.82) is 0 Å². The number of aromatic nitrogens is 1. The number of nitrogens with one attached hydrogen (secondary N) is 2. The summed E-state index contributed by atoms with van der Waals surface area (Å²) in [6.45, 7) is 0. The molecule has 0 saturated carbocycles. The molecule has 0 spiro atoms. The van der Waals surface area contributed by atoms with E-state index >= 15 is 0 Å². The van der Waals surface area contributed by atoms with Gasteiger partial charge in [-0.05, 0) is 42.0 Å². The lowest BCUT2D eigenvalue weighted by Gasteiger charge is -2.00. The fourth-order valence-electron chi connectivity index (χ4n) is 2.27. The number of esters is 1. The van der Waals surface area contributed by atoms with Crippen LogP contribution in [0.25, 0.3) is 17.7 Å². The number of H-pyrrole nitrogens is 1. The van der Waals surface area contributed by atoms with Crippen molar-refractivity contribution in [3.63, 3.8) is 0 Å². The number of fused-ring (bicyclic) bond motifs is 1. The van der Waals surface area contributed by atoms with Gasteiger partial charge < -0.3 is 15.0 Å². The zero-order chi connectivity index (χ0) is 15.5. The van der Waals surface area contributed by atoms with Gasteiger partial charge in [0.25, 0.3) is 5.91 Å². The van der Waals surface area contributed by atoms with Gasteiger partial charge in [0, 0.05) is 29.2 Å². The molecule has 0 atom stereocenters. The lowest BCUT2D eigenvalue weighted by atomic mass is 10.0. The van der Waals surface area contributed by atoms with Crippen molar-refractivity contribution >= 4 is 35.3 Å². The Labute approximate surface area is 127 Å². The SMILES string of the molecule is COC(=O)C=Cc1ccc2c(c1)C(=Cc1ccc[nH]1)C(=O)N2. The van der Waals surface area contributed by atoms with Crippen molar-refractivity contribution in [1.82, 2.24) is 4.98 Å². The van der Waals surface area contributed by atoms with E-state index in [0.717, 1.165) is 22.5 Å². The van der Waals surface area contributed by atoms with Gasteiger partial charge in [-0.15, -0.1) is 0 Å². The molecule has 1 aliphatic heterocycles. The molecular weight excluding hydrogens is 280 g/mol. The van der Waals surface area contributed by atoms with E-state index in [2.05, 4.69) is 15.0 Å². The Morgan fingerprint density at radius 3 is 2.86 bits per heavy atom. The maximum Gasteiger partial charge on any atom is 0.330 e. The van der Waals surface area contributed by atoms with E-state index in [1.165, 1.54) is 13.2 Å². The summed E-state index contributed by atoms with van der Waals surface area (Å²) in [6, 6.07) is 9.27. The molecule has 22 heavy (non-hydrogen) atoms. The van der Waals surface area contributed by atoms with E-state index in [-0.39, 0.29) is 5.91 Å². The second-order valence-electron chi connectivity index (χ2n) is 4.80. The number of hydrogen-bond donors (Lipinski definition) is 2. The van der Waals surface area contributed by atoms with E-state index in [1.807, 2.05) is 30.3 Å². The minimum absolute atomic E-state index is 0.140. The summed E-state index contributed by atoms with van der Waals surface area (Å²) in [4.78, 5) is 26.3. The Morgan fingerprint density at radius 1 is 1.27 bits per heavy atom. The van der Waals surface area contributed by atoms with Crippen LogP contribution in [0.2, 0.25) is 0 Å². The predicted molar refractivity (Wildman–Crippen MR) is 84.8 cm³/mol. The van der Waals surface area contributed by atoms with Gasteiger partial charge in [0.2, 0.25) is 0 Å². The number of ether oxygens (including phenoxy) is 1. The lowest BCUT2D eigenvalue weighted by molar-refractivity contribution is -0.134. The van der Waals surface area contributed by atoms with Crippen LogP contribution >= 0.6 is 0 Å². The molecule has 5 heteroatoms. The van der Waals surface area contributed by atoms with Crippen molar-refractivity contribution in [3.05, 3.63) is 59.4 Å². The molecule has 5 nitrogen and oxygen atoms in total. The highest BCUT2D eigenvalue weighted by atomic mass is 16.5. The Morgan fingerprint density at radius 2 is 2.14 bits per heavy atom. The number of aromatic amines is 1. The second-order valence-corrected chi connectivity index (χ2v) is 4.80. The van der Waals surface area contributed by atoms with E-state index < -0.39 is 5.97 Å². The van der Waals surface area contributed by atoms with Gasteiger partial charge in [-0.25, -0.2) is 4.79 Å². The van der Waals surface area contributed by atoms with Gasteiger partial charge in [0.1, 0.15) is 0 Å².